The fraction of sp³-hybridized carbons (Fsp3) is 0.200. The van der Waals surface area contributed by atoms with Gasteiger partial charge in [-0.05, 0) is 11.4 Å². The molecule has 0 aromatic carbocycles. The molecule has 1 rings (SSSR count). The molecule has 0 amide bonds. The van der Waals surface area contributed by atoms with Crippen LogP contribution in [0, 0.1) is 0 Å². The van der Waals surface area contributed by atoms with E-state index >= 15 is 0 Å². The van der Waals surface area contributed by atoms with Crippen LogP contribution in [-0.4, -0.2) is 5.21 Å². The minimum Gasteiger partial charge on any atom is -0.316 e. The normalized spacial score (nSPS) is 8.56. The summed E-state index contributed by atoms with van der Waals surface area (Å²) in [4.78, 5) is 1.15. The molecule has 0 spiro atoms. The summed E-state index contributed by atoms with van der Waals surface area (Å²) in [5.74, 6) is 0. The van der Waals surface area contributed by atoms with E-state index in [1.807, 2.05) is 17.5 Å². The zero-order valence-corrected chi connectivity index (χ0v) is 6.34. The van der Waals surface area contributed by atoms with Crippen molar-refractivity contribution in [2.75, 3.05) is 0 Å². The molecule has 2 N–H and O–H groups in total. The van der Waals surface area contributed by atoms with Crippen molar-refractivity contribution in [3.63, 3.8) is 0 Å². The van der Waals surface area contributed by atoms with Gasteiger partial charge in [-0.3, -0.25) is 0 Å². The first-order chi connectivity index (χ1) is 3.93. The maximum atomic E-state index is 8.19. The molecule has 1 aromatic rings. The van der Waals surface area contributed by atoms with E-state index in [0.717, 1.165) is 4.88 Å². The van der Waals surface area contributed by atoms with E-state index < -0.39 is 0 Å². The lowest BCUT2D eigenvalue weighted by Crippen LogP contribution is -2.03. The fourth-order valence-corrected chi connectivity index (χ4v) is 1.13. The Hall–Kier alpha value is -0.0900. The number of hydrogen-bond acceptors (Lipinski definition) is 3. The van der Waals surface area contributed by atoms with Crippen molar-refractivity contribution in [2.45, 2.75) is 6.54 Å². The minimum atomic E-state index is 0. The molecule has 0 unspecified atom stereocenters. The van der Waals surface area contributed by atoms with Gasteiger partial charge in [0.2, 0.25) is 0 Å². The Bertz CT molecular complexity index is 143. The number of nitrogens with one attached hydrogen (secondary N) is 1. The van der Waals surface area contributed by atoms with E-state index in [0.29, 0.717) is 6.54 Å². The van der Waals surface area contributed by atoms with Crippen molar-refractivity contribution in [3.05, 3.63) is 22.4 Å². The van der Waals surface area contributed by atoms with Crippen LogP contribution in [0.3, 0.4) is 0 Å². The van der Waals surface area contributed by atoms with E-state index in [9.17, 15) is 0 Å². The molecular weight excluding hydrogens is 158 g/mol. The van der Waals surface area contributed by atoms with Gasteiger partial charge in [0.05, 0.1) is 6.54 Å². The first kappa shape index (κ1) is 8.91. The number of thiophene rings is 1. The first-order valence-electron chi connectivity index (χ1n) is 2.33. The van der Waals surface area contributed by atoms with Gasteiger partial charge < -0.3 is 5.21 Å². The summed E-state index contributed by atoms with van der Waals surface area (Å²) in [6.07, 6.45) is 0. The standard InChI is InChI=1S/C5H7NOS.ClH/c7-6-4-5-2-1-3-8-5;/h1-3,6-7H,4H2;1H. The molecule has 0 bridgehead atoms. The zero-order chi connectivity index (χ0) is 5.82. The summed E-state index contributed by atoms with van der Waals surface area (Å²) in [5, 5.41) is 10.2. The Morgan fingerprint density at radius 3 is 2.89 bits per heavy atom. The van der Waals surface area contributed by atoms with Crippen LogP contribution in [0.4, 0.5) is 0 Å². The largest absolute Gasteiger partial charge is 0.316 e. The lowest BCUT2D eigenvalue weighted by atomic mass is 10.5. The van der Waals surface area contributed by atoms with Gasteiger partial charge in [0.1, 0.15) is 0 Å². The van der Waals surface area contributed by atoms with Crippen molar-refractivity contribution in [2.24, 2.45) is 0 Å². The van der Waals surface area contributed by atoms with Gasteiger partial charge in [0.15, 0.2) is 0 Å². The Morgan fingerprint density at radius 1 is 1.67 bits per heavy atom. The van der Waals surface area contributed by atoms with E-state index in [4.69, 9.17) is 5.21 Å². The van der Waals surface area contributed by atoms with Crippen LogP contribution in [0.25, 0.3) is 0 Å². The summed E-state index contributed by atoms with van der Waals surface area (Å²) in [7, 11) is 0. The second-order valence-electron chi connectivity index (χ2n) is 1.41. The summed E-state index contributed by atoms with van der Waals surface area (Å²) in [5.41, 5.74) is 2.08. The van der Waals surface area contributed by atoms with E-state index in [1.165, 1.54) is 0 Å². The van der Waals surface area contributed by atoms with Crippen LogP contribution in [0.2, 0.25) is 0 Å². The maximum absolute atomic E-state index is 8.19. The van der Waals surface area contributed by atoms with E-state index in [2.05, 4.69) is 5.48 Å². The third kappa shape index (κ3) is 2.81. The molecule has 4 heteroatoms. The van der Waals surface area contributed by atoms with Gasteiger partial charge in [-0.1, -0.05) is 6.07 Å². The molecule has 0 aliphatic rings. The lowest BCUT2D eigenvalue weighted by molar-refractivity contribution is 0.162. The summed E-state index contributed by atoms with van der Waals surface area (Å²) in [6, 6.07) is 3.92. The smallest absolute Gasteiger partial charge is 0.0552 e. The maximum Gasteiger partial charge on any atom is 0.0552 e. The zero-order valence-electron chi connectivity index (χ0n) is 4.70. The fourth-order valence-electron chi connectivity index (χ4n) is 0.491. The Kier molecular flexibility index (Phi) is 4.71. The molecule has 0 atom stereocenters. The minimum absolute atomic E-state index is 0. The van der Waals surface area contributed by atoms with Gasteiger partial charge in [0.25, 0.3) is 0 Å². The molecule has 0 aliphatic carbocycles. The Morgan fingerprint density at radius 2 is 2.44 bits per heavy atom. The van der Waals surface area contributed by atoms with Crippen LogP contribution >= 0.6 is 23.7 Å². The highest BCUT2D eigenvalue weighted by atomic mass is 35.5. The first-order valence-corrected chi connectivity index (χ1v) is 3.21. The SMILES string of the molecule is Cl.ONCc1cccs1. The molecule has 0 radical (unpaired) electrons. The summed E-state index contributed by atoms with van der Waals surface area (Å²) in [6.45, 7) is 0.553. The summed E-state index contributed by atoms with van der Waals surface area (Å²) < 4.78 is 0. The molecule has 1 aromatic heterocycles. The van der Waals surface area contributed by atoms with Crippen molar-refractivity contribution in [3.8, 4) is 0 Å². The molecule has 9 heavy (non-hydrogen) atoms. The predicted molar refractivity (Wildman–Crippen MR) is 40.2 cm³/mol. The third-order valence-corrected chi connectivity index (χ3v) is 1.71. The average molecular weight is 166 g/mol. The number of hydroxylamine groups is 1. The quantitative estimate of drug-likeness (QED) is 0.654. The van der Waals surface area contributed by atoms with Gasteiger partial charge in [-0.15, -0.1) is 23.7 Å². The highest BCUT2D eigenvalue weighted by molar-refractivity contribution is 7.09. The molecule has 52 valence electrons. The van der Waals surface area contributed by atoms with Crippen molar-refractivity contribution >= 4 is 23.7 Å². The van der Waals surface area contributed by atoms with Crippen molar-refractivity contribution < 1.29 is 5.21 Å². The van der Waals surface area contributed by atoms with Crippen LogP contribution in [0.15, 0.2) is 17.5 Å². The second-order valence-corrected chi connectivity index (χ2v) is 2.45. The van der Waals surface area contributed by atoms with Gasteiger partial charge in [0, 0.05) is 4.88 Å². The molecule has 0 fully saturated rings. The van der Waals surface area contributed by atoms with Gasteiger partial charge in [-0.25, -0.2) is 5.48 Å². The number of halogens is 1. The number of rotatable bonds is 2. The molecule has 0 saturated carbocycles. The van der Waals surface area contributed by atoms with E-state index in [-0.39, 0.29) is 12.4 Å². The third-order valence-electron chi connectivity index (χ3n) is 0.833. The van der Waals surface area contributed by atoms with Crippen LogP contribution in [-0.2, 0) is 6.54 Å². The number of hydrogen-bond donors (Lipinski definition) is 2. The van der Waals surface area contributed by atoms with E-state index in [1.54, 1.807) is 11.3 Å². The average Bonchev–Trinajstić information content (AvgIpc) is 2.19. The molecular formula is C5H8ClNOS. The highest BCUT2D eigenvalue weighted by Gasteiger charge is 1.87. The highest BCUT2D eigenvalue weighted by Crippen LogP contribution is 2.06. The second kappa shape index (κ2) is 4.76. The van der Waals surface area contributed by atoms with Crippen molar-refractivity contribution in [1.29, 1.82) is 0 Å². The predicted octanol–water partition coefficient (Wildman–Crippen LogP) is 1.65. The van der Waals surface area contributed by atoms with Crippen LogP contribution in [0.5, 0.6) is 0 Å². The monoisotopic (exact) mass is 165 g/mol. The molecule has 2 nitrogen and oxygen atoms in total. The van der Waals surface area contributed by atoms with Gasteiger partial charge >= 0.3 is 0 Å². The lowest BCUT2D eigenvalue weighted by Gasteiger charge is -1.88. The Labute approximate surface area is 63.9 Å². The molecule has 1 heterocycles. The topological polar surface area (TPSA) is 32.3 Å². The summed E-state index contributed by atoms with van der Waals surface area (Å²) >= 11 is 1.62. The van der Waals surface area contributed by atoms with Crippen molar-refractivity contribution in [1.82, 2.24) is 5.48 Å². The Balaban J connectivity index is 0.000000640. The van der Waals surface area contributed by atoms with Crippen LogP contribution in [0.1, 0.15) is 4.88 Å². The molecule has 0 saturated heterocycles. The molecule has 0 aliphatic heterocycles. The van der Waals surface area contributed by atoms with Crippen LogP contribution < -0.4 is 5.48 Å². The van der Waals surface area contributed by atoms with Gasteiger partial charge in [-0.2, -0.15) is 0 Å².